The zero-order valence-corrected chi connectivity index (χ0v) is 29.7. The summed E-state index contributed by atoms with van der Waals surface area (Å²) in [6.45, 7) is 13.6. The van der Waals surface area contributed by atoms with Crippen molar-refractivity contribution in [1.82, 2.24) is 4.90 Å². The summed E-state index contributed by atoms with van der Waals surface area (Å²) < 4.78 is 59.1. The van der Waals surface area contributed by atoms with Crippen LogP contribution in [0.5, 0.6) is 0 Å². The maximum absolute atomic E-state index is 11.9. The second-order valence-corrected chi connectivity index (χ2v) is 11.2. The fourth-order valence-electron chi connectivity index (χ4n) is 3.46. The number of carbonyl (C=O) groups excluding carboxylic acids is 3. The molecule has 1 amide bonds. The first-order valence-corrected chi connectivity index (χ1v) is 16.6. The van der Waals surface area contributed by atoms with Crippen LogP contribution in [0.3, 0.4) is 0 Å². The molecule has 0 heterocycles. The molecule has 0 saturated carbocycles. The Bertz CT molecular complexity index is 960. The molecular weight excluding hydrogens is 646 g/mol. The van der Waals surface area contributed by atoms with Crippen LogP contribution >= 0.6 is 0 Å². The number of ketones is 1. The highest BCUT2D eigenvalue weighted by Gasteiger charge is 2.19. The number of benzene rings is 1. The van der Waals surface area contributed by atoms with Crippen molar-refractivity contribution in [2.24, 2.45) is 0 Å². The quantitative estimate of drug-likeness (QED) is 0.0467. The summed E-state index contributed by atoms with van der Waals surface area (Å²) in [6, 6.07) is 8.24. The lowest BCUT2D eigenvalue weighted by Gasteiger charge is -2.24. The highest BCUT2D eigenvalue weighted by atomic mass is 16.6. The van der Waals surface area contributed by atoms with E-state index in [2.05, 4.69) is 0 Å². The van der Waals surface area contributed by atoms with E-state index < -0.39 is 17.4 Å². The van der Waals surface area contributed by atoms with Gasteiger partial charge in [-0.1, -0.05) is 30.3 Å². The van der Waals surface area contributed by atoms with Crippen LogP contribution in [-0.4, -0.2) is 167 Å². The standard InChI is InChI=1S/C34H57NO14/c1-34(2,3)49-33(38)35(4)10-11-39-12-13-40-14-15-41-16-17-42-18-19-43-20-21-44-22-23-45-24-25-46-26-27-47-28-29-48-32(37)31(36)30-8-6-5-7-9-30/h5-9H,10-29H2,1-4H3. The van der Waals surface area contributed by atoms with E-state index in [1.807, 2.05) is 20.8 Å². The molecule has 0 fully saturated rings. The average Bonchev–Trinajstić information content (AvgIpc) is 3.08. The van der Waals surface area contributed by atoms with Gasteiger partial charge in [0.1, 0.15) is 12.2 Å². The minimum absolute atomic E-state index is 0.00716. The molecular formula is C34H57NO14. The molecule has 282 valence electrons. The minimum atomic E-state index is -0.901. The Morgan fingerprint density at radius 1 is 0.510 bits per heavy atom. The number of rotatable bonds is 32. The van der Waals surface area contributed by atoms with Gasteiger partial charge in [0.05, 0.1) is 119 Å². The van der Waals surface area contributed by atoms with Crippen molar-refractivity contribution in [3.63, 3.8) is 0 Å². The van der Waals surface area contributed by atoms with Gasteiger partial charge in [-0.25, -0.2) is 9.59 Å². The number of esters is 1. The Morgan fingerprint density at radius 3 is 1.18 bits per heavy atom. The molecule has 0 aliphatic heterocycles. The summed E-state index contributed by atoms with van der Waals surface area (Å²) in [5.74, 6) is -1.58. The van der Waals surface area contributed by atoms with Gasteiger partial charge in [-0.15, -0.1) is 0 Å². The predicted octanol–water partition coefficient (Wildman–Crippen LogP) is 2.43. The van der Waals surface area contributed by atoms with Gasteiger partial charge in [0.2, 0.25) is 0 Å². The molecule has 0 aliphatic rings. The van der Waals surface area contributed by atoms with Gasteiger partial charge in [-0.05, 0) is 20.8 Å². The molecule has 0 spiro atoms. The second-order valence-electron chi connectivity index (χ2n) is 11.2. The number of hydrogen-bond donors (Lipinski definition) is 0. The van der Waals surface area contributed by atoms with Crippen molar-refractivity contribution < 1.29 is 66.5 Å². The third-order valence-corrected chi connectivity index (χ3v) is 5.93. The summed E-state index contributed by atoms with van der Waals surface area (Å²) in [5.41, 5.74) is -0.225. The highest BCUT2D eigenvalue weighted by molar-refractivity contribution is 6.40. The van der Waals surface area contributed by atoms with E-state index in [1.165, 1.54) is 4.90 Å². The third kappa shape index (κ3) is 27.7. The molecule has 0 aromatic heterocycles. The van der Waals surface area contributed by atoms with E-state index >= 15 is 0 Å². The Morgan fingerprint density at radius 2 is 0.837 bits per heavy atom. The van der Waals surface area contributed by atoms with Gasteiger partial charge in [0, 0.05) is 19.2 Å². The van der Waals surface area contributed by atoms with Crippen molar-refractivity contribution in [3.8, 4) is 0 Å². The van der Waals surface area contributed by atoms with Gasteiger partial charge in [-0.2, -0.15) is 0 Å². The summed E-state index contributed by atoms with van der Waals surface area (Å²) >= 11 is 0. The van der Waals surface area contributed by atoms with Crippen LogP contribution in [0.2, 0.25) is 0 Å². The summed E-state index contributed by atoms with van der Waals surface area (Å²) in [7, 11) is 1.67. The molecule has 1 aromatic rings. The molecule has 1 aromatic carbocycles. The number of likely N-dealkylation sites (N-methyl/N-ethyl adjacent to an activating group) is 1. The van der Waals surface area contributed by atoms with Gasteiger partial charge in [0.15, 0.2) is 0 Å². The Hall–Kier alpha value is -2.73. The first kappa shape index (κ1) is 44.3. The van der Waals surface area contributed by atoms with Crippen LogP contribution in [0.1, 0.15) is 31.1 Å². The molecule has 0 radical (unpaired) electrons. The van der Waals surface area contributed by atoms with Gasteiger partial charge >= 0.3 is 12.1 Å². The van der Waals surface area contributed by atoms with E-state index in [0.29, 0.717) is 124 Å². The normalized spacial score (nSPS) is 11.4. The summed E-state index contributed by atoms with van der Waals surface area (Å²) in [5, 5.41) is 0. The zero-order chi connectivity index (χ0) is 35.8. The fraction of sp³-hybridized carbons (Fsp3) is 0.735. The number of amides is 1. The van der Waals surface area contributed by atoms with Crippen LogP contribution < -0.4 is 0 Å². The van der Waals surface area contributed by atoms with Crippen LogP contribution in [0.4, 0.5) is 4.79 Å². The van der Waals surface area contributed by atoms with E-state index in [-0.39, 0.29) is 19.3 Å². The first-order chi connectivity index (χ1) is 23.7. The van der Waals surface area contributed by atoms with Crippen LogP contribution in [0.15, 0.2) is 30.3 Å². The SMILES string of the molecule is CN(CCOCCOCCOCCOCCOCCOCCOCCOCCOCCOC(=O)C(=O)c1ccccc1)C(=O)OC(C)(C)C. The number of nitrogens with zero attached hydrogens (tertiary/aromatic N) is 1. The predicted molar refractivity (Wildman–Crippen MR) is 178 cm³/mol. The van der Waals surface area contributed by atoms with E-state index in [4.69, 9.17) is 52.1 Å². The monoisotopic (exact) mass is 703 g/mol. The Kier molecular flexibility index (Phi) is 27.2. The Balaban J connectivity index is 1.70. The van der Waals surface area contributed by atoms with Crippen LogP contribution in [0.25, 0.3) is 0 Å². The molecule has 1 rings (SSSR count). The lowest BCUT2D eigenvalue weighted by molar-refractivity contribution is -0.139. The smallest absolute Gasteiger partial charge is 0.410 e. The van der Waals surface area contributed by atoms with Crippen molar-refractivity contribution in [1.29, 1.82) is 0 Å². The van der Waals surface area contributed by atoms with Crippen LogP contribution in [0, 0.1) is 0 Å². The largest absolute Gasteiger partial charge is 0.457 e. The minimum Gasteiger partial charge on any atom is -0.457 e. The molecule has 49 heavy (non-hydrogen) atoms. The summed E-state index contributed by atoms with van der Waals surface area (Å²) in [6.07, 6.45) is -0.372. The van der Waals surface area contributed by atoms with Crippen molar-refractivity contribution in [2.45, 2.75) is 26.4 Å². The molecule has 15 nitrogen and oxygen atoms in total. The molecule has 0 aliphatic carbocycles. The van der Waals surface area contributed by atoms with Crippen molar-refractivity contribution >= 4 is 17.8 Å². The maximum Gasteiger partial charge on any atom is 0.410 e. The highest BCUT2D eigenvalue weighted by Crippen LogP contribution is 2.08. The molecule has 0 bridgehead atoms. The number of carbonyl (C=O) groups is 3. The summed E-state index contributed by atoms with van der Waals surface area (Å²) in [4.78, 5) is 37.0. The van der Waals surface area contributed by atoms with Crippen LogP contribution in [-0.2, 0) is 56.9 Å². The van der Waals surface area contributed by atoms with Gasteiger partial charge in [0.25, 0.3) is 5.78 Å². The van der Waals surface area contributed by atoms with Gasteiger partial charge < -0.3 is 57.0 Å². The molecule has 0 N–H and O–H groups in total. The molecule has 15 heteroatoms. The van der Waals surface area contributed by atoms with E-state index in [9.17, 15) is 14.4 Å². The maximum atomic E-state index is 11.9. The number of Topliss-reactive ketones (excluding diaryl/α,β-unsaturated/α-hetero) is 1. The Labute approximate surface area is 290 Å². The lowest BCUT2D eigenvalue weighted by Crippen LogP contribution is -2.36. The molecule has 0 atom stereocenters. The topological polar surface area (TPSA) is 156 Å². The van der Waals surface area contributed by atoms with Crippen molar-refractivity contribution in [2.75, 3.05) is 139 Å². The van der Waals surface area contributed by atoms with Crippen molar-refractivity contribution in [3.05, 3.63) is 35.9 Å². The van der Waals surface area contributed by atoms with E-state index in [0.717, 1.165) is 0 Å². The fourth-order valence-corrected chi connectivity index (χ4v) is 3.46. The number of hydrogen-bond acceptors (Lipinski definition) is 14. The van der Waals surface area contributed by atoms with E-state index in [1.54, 1.807) is 37.4 Å². The third-order valence-electron chi connectivity index (χ3n) is 5.93. The first-order valence-electron chi connectivity index (χ1n) is 16.6. The lowest BCUT2D eigenvalue weighted by atomic mass is 10.1. The van der Waals surface area contributed by atoms with Gasteiger partial charge in [-0.3, -0.25) is 4.79 Å². The zero-order valence-electron chi connectivity index (χ0n) is 29.7. The molecule has 0 saturated heterocycles. The second kappa shape index (κ2) is 30.1. The molecule has 0 unspecified atom stereocenters. The average molecular weight is 704 g/mol. The number of ether oxygens (including phenoxy) is 11.